The van der Waals surface area contributed by atoms with Crippen LogP contribution in [0, 0.1) is 11.3 Å². The Morgan fingerprint density at radius 2 is 2.00 bits per heavy atom. The van der Waals surface area contributed by atoms with Crippen molar-refractivity contribution in [3.05, 3.63) is 23.8 Å². The molecule has 1 unspecified atom stereocenters. The average Bonchev–Trinajstić information content (AvgIpc) is 2.48. The second kappa shape index (κ2) is 9.43. The minimum absolute atomic E-state index is 0.671. The van der Waals surface area contributed by atoms with Crippen LogP contribution in [0.25, 0.3) is 0 Å². The van der Waals surface area contributed by atoms with Crippen LogP contribution >= 0.6 is 0 Å². The predicted octanol–water partition coefficient (Wildman–Crippen LogP) is 5.07. The summed E-state index contributed by atoms with van der Waals surface area (Å²) in [7, 11) is 0. The summed E-state index contributed by atoms with van der Waals surface area (Å²) in [5, 5.41) is 11.5. The van der Waals surface area contributed by atoms with Crippen LogP contribution in [0.5, 0.6) is 0 Å². The van der Waals surface area contributed by atoms with Crippen LogP contribution in [0.2, 0.25) is 0 Å². The Bertz CT molecular complexity index is 440. The van der Waals surface area contributed by atoms with E-state index in [0.717, 1.165) is 36.3 Å². The van der Waals surface area contributed by atoms with Crippen molar-refractivity contribution in [2.75, 3.05) is 17.6 Å². The largest absolute Gasteiger partial charge is 0.397 e. The molecule has 4 N–H and O–H groups in total. The quantitative estimate of drug-likeness (QED) is 0.416. The standard InChI is InChI=1S/C18H31N3/c1-4-7-9-14(6-3)13-21-18-11-10-15(12-17(18)20)16(19)8-5-2/h10-12,14,19,21H,4-9,13,20H2,1-3H3. The molecular formula is C18H31N3. The van der Waals surface area contributed by atoms with Gasteiger partial charge in [-0.1, -0.05) is 52.5 Å². The van der Waals surface area contributed by atoms with Gasteiger partial charge in [-0.15, -0.1) is 0 Å². The molecule has 21 heavy (non-hydrogen) atoms. The molecule has 1 aromatic carbocycles. The number of unbranched alkanes of at least 4 members (excludes halogenated alkanes) is 1. The predicted molar refractivity (Wildman–Crippen MR) is 94.4 cm³/mol. The molecule has 0 saturated carbocycles. The average molecular weight is 289 g/mol. The van der Waals surface area contributed by atoms with E-state index in [1.54, 1.807) is 0 Å². The maximum absolute atomic E-state index is 8.00. The van der Waals surface area contributed by atoms with Gasteiger partial charge in [-0.3, -0.25) is 0 Å². The summed E-state index contributed by atoms with van der Waals surface area (Å²) >= 11 is 0. The molecule has 0 aliphatic carbocycles. The highest BCUT2D eigenvalue weighted by atomic mass is 14.9. The highest BCUT2D eigenvalue weighted by Crippen LogP contribution is 2.22. The summed E-state index contributed by atoms with van der Waals surface area (Å²) in [6.07, 6.45) is 6.83. The Kier molecular flexibility index (Phi) is 7.88. The first-order valence-electron chi connectivity index (χ1n) is 8.33. The smallest absolute Gasteiger partial charge is 0.0574 e. The van der Waals surface area contributed by atoms with Crippen molar-refractivity contribution in [3.63, 3.8) is 0 Å². The molecule has 1 aromatic rings. The minimum atomic E-state index is 0.671. The van der Waals surface area contributed by atoms with E-state index < -0.39 is 0 Å². The van der Waals surface area contributed by atoms with Gasteiger partial charge in [-0.05, 0) is 36.5 Å². The summed E-state index contributed by atoms with van der Waals surface area (Å²) < 4.78 is 0. The van der Waals surface area contributed by atoms with E-state index in [4.69, 9.17) is 11.1 Å². The number of nitrogen functional groups attached to an aromatic ring is 1. The molecule has 0 spiro atoms. The van der Waals surface area contributed by atoms with Crippen molar-refractivity contribution in [1.29, 1.82) is 5.41 Å². The first-order valence-corrected chi connectivity index (χ1v) is 8.33. The zero-order valence-electron chi connectivity index (χ0n) is 13.8. The van der Waals surface area contributed by atoms with E-state index in [-0.39, 0.29) is 0 Å². The fourth-order valence-corrected chi connectivity index (χ4v) is 2.50. The summed E-state index contributed by atoms with van der Waals surface area (Å²) in [6.45, 7) is 7.56. The van der Waals surface area contributed by atoms with Gasteiger partial charge >= 0.3 is 0 Å². The number of benzene rings is 1. The molecule has 0 aliphatic rings. The number of nitrogens with one attached hydrogen (secondary N) is 2. The first kappa shape index (κ1) is 17.5. The van der Waals surface area contributed by atoms with Crippen LogP contribution in [0.4, 0.5) is 11.4 Å². The van der Waals surface area contributed by atoms with E-state index in [9.17, 15) is 0 Å². The van der Waals surface area contributed by atoms with Crippen LogP contribution in [0.15, 0.2) is 18.2 Å². The highest BCUT2D eigenvalue weighted by molar-refractivity contribution is 5.99. The lowest BCUT2D eigenvalue weighted by Gasteiger charge is -2.17. The lowest BCUT2D eigenvalue weighted by Crippen LogP contribution is -2.14. The Morgan fingerprint density at radius 1 is 1.24 bits per heavy atom. The van der Waals surface area contributed by atoms with Crippen LogP contribution in [-0.4, -0.2) is 12.3 Å². The lowest BCUT2D eigenvalue weighted by molar-refractivity contribution is 0.473. The van der Waals surface area contributed by atoms with Gasteiger partial charge in [0.1, 0.15) is 0 Å². The number of hydrogen-bond donors (Lipinski definition) is 3. The highest BCUT2D eigenvalue weighted by Gasteiger charge is 2.08. The number of hydrogen-bond acceptors (Lipinski definition) is 3. The van der Waals surface area contributed by atoms with Crippen LogP contribution < -0.4 is 11.1 Å². The van der Waals surface area contributed by atoms with Gasteiger partial charge in [0.2, 0.25) is 0 Å². The van der Waals surface area contributed by atoms with Crippen molar-refractivity contribution in [1.82, 2.24) is 0 Å². The molecule has 3 heteroatoms. The molecule has 1 rings (SSSR count). The van der Waals surface area contributed by atoms with Gasteiger partial charge in [0.25, 0.3) is 0 Å². The normalized spacial score (nSPS) is 12.1. The van der Waals surface area contributed by atoms with Gasteiger partial charge in [0.05, 0.1) is 11.4 Å². The van der Waals surface area contributed by atoms with E-state index in [1.165, 1.54) is 25.7 Å². The zero-order valence-corrected chi connectivity index (χ0v) is 13.8. The van der Waals surface area contributed by atoms with E-state index in [2.05, 4.69) is 26.1 Å². The van der Waals surface area contributed by atoms with Gasteiger partial charge < -0.3 is 16.5 Å². The second-order valence-corrected chi connectivity index (χ2v) is 5.83. The van der Waals surface area contributed by atoms with E-state index >= 15 is 0 Å². The fourth-order valence-electron chi connectivity index (χ4n) is 2.50. The van der Waals surface area contributed by atoms with Gasteiger partial charge in [0, 0.05) is 12.3 Å². The Balaban J connectivity index is 2.61. The molecule has 1 atom stereocenters. The molecule has 0 bridgehead atoms. The third kappa shape index (κ3) is 5.78. The minimum Gasteiger partial charge on any atom is -0.397 e. The molecule has 0 aliphatic heterocycles. The molecule has 0 heterocycles. The molecule has 0 fully saturated rings. The number of rotatable bonds is 10. The van der Waals surface area contributed by atoms with Crippen molar-refractivity contribution >= 4 is 17.1 Å². The first-order chi connectivity index (χ1) is 10.1. The van der Waals surface area contributed by atoms with Gasteiger partial charge in [-0.25, -0.2) is 0 Å². The maximum atomic E-state index is 8.00. The maximum Gasteiger partial charge on any atom is 0.0574 e. The molecule has 0 amide bonds. The molecule has 0 aromatic heterocycles. The van der Waals surface area contributed by atoms with Crippen molar-refractivity contribution < 1.29 is 0 Å². The third-order valence-corrected chi connectivity index (χ3v) is 4.02. The Hall–Kier alpha value is -1.51. The van der Waals surface area contributed by atoms with Crippen LogP contribution in [0.1, 0.15) is 64.9 Å². The monoisotopic (exact) mass is 289 g/mol. The Morgan fingerprint density at radius 3 is 2.57 bits per heavy atom. The molecule has 0 saturated heterocycles. The summed E-state index contributed by atoms with van der Waals surface area (Å²) in [5.74, 6) is 0.711. The molecule has 3 nitrogen and oxygen atoms in total. The summed E-state index contributed by atoms with van der Waals surface area (Å²) in [6, 6.07) is 5.94. The SMILES string of the molecule is CCCCC(CC)CNc1ccc(C(=N)CCC)cc1N. The molecule has 0 radical (unpaired) electrons. The third-order valence-electron chi connectivity index (χ3n) is 4.02. The van der Waals surface area contributed by atoms with Crippen molar-refractivity contribution in [2.45, 2.75) is 59.3 Å². The zero-order chi connectivity index (χ0) is 15.7. The summed E-state index contributed by atoms with van der Waals surface area (Å²) in [4.78, 5) is 0. The fraction of sp³-hybridized carbons (Fsp3) is 0.611. The summed E-state index contributed by atoms with van der Waals surface area (Å²) in [5.41, 5.74) is 9.48. The molecular weight excluding hydrogens is 258 g/mol. The molecule has 118 valence electrons. The van der Waals surface area contributed by atoms with Crippen molar-refractivity contribution in [3.8, 4) is 0 Å². The van der Waals surface area contributed by atoms with Crippen LogP contribution in [0.3, 0.4) is 0 Å². The number of anilines is 2. The topological polar surface area (TPSA) is 61.9 Å². The van der Waals surface area contributed by atoms with Crippen LogP contribution in [-0.2, 0) is 0 Å². The second-order valence-electron chi connectivity index (χ2n) is 5.83. The Labute approximate surface area is 129 Å². The lowest BCUT2D eigenvalue weighted by atomic mass is 9.99. The van der Waals surface area contributed by atoms with Gasteiger partial charge in [0.15, 0.2) is 0 Å². The van der Waals surface area contributed by atoms with Gasteiger partial charge in [-0.2, -0.15) is 0 Å². The van der Waals surface area contributed by atoms with E-state index in [0.29, 0.717) is 11.6 Å². The number of nitrogens with two attached hydrogens (primary N) is 1. The van der Waals surface area contributed by atoms with E-state index in [1.807, 2.05) is 18.2 Å². The van der Waals surface area contributed by atoms with Crippen molar-refractivity contribution in [2.24, 2.45) is 5.92 Å².